The van der Waals surface area contributed by atoms with Gasteiger partial charge in [-0.1, -0.05) is 13.8 Å². The highest BCUT2D eigenvalue weighted by atomic mass is 32.2. The van der Waals surface area contributed by atoms with E-state index in [9.17, 15) is 4.79 Å². The molecule has 2 nitrogen and oxygen atoms in total. The molecule has 4 heteroatoms. The number of carbonyl (C=O) groups is 1. The molecule has 1 rings (SSSR count). The van der Waals surface area contributed by atoms with Gasteiger partial charge in [-0.25, -0.2) is 0 Å². The minimum atomic E-state index is -0.162. The van der Waals surface area contributed by atoms with Crippen LogP contribution in [0.15, 0.2) is 0 Å². The Morgan fingerprint density at radius 1 is 1.43 bits per heavy atom. The SMILES string of the molecule is CC(C)C(S)C(=O)NC1CCSCC1. The molecule has 1 aliphatic heterocycles. The molecule has 1 heterocycles. The van der Waals surface area contributed by atoms with E-state index in [1.165, 1.54) is 11.5 Å². The highest BCUT2D eigenvalue weighted by molar-refractivity contribution is 7.99. The van der Waals surface area contributed by atoms with Crippen LogP contribution in [0.3, 0.4) is 0 Å². The number of rotatable bonds is 3. The van der Waals surface area contributed by atoms with Crippen molar-refractivity contribution in [1.29, 1.82) is 0 Å². The Kier molecular flexibility index (Phi) is 5.17. The standard InChI is InChI=1S/C10H19NOS2/c1-7(2)9(13)10(12)11-8-3-5-14-6-4-8/h7-9,13H,3-6H2,1-2H3,(H,11,12). The zero-order valence-corrected chi connectivity index (χ0v) is 10.5. The summed E-state index contributed by atoms with van der Waals surface area (Å²) in [5.41, 5.74) is 0. The Bertz CT molecular complexity index is 191. The summed E-state index contributed by atoms with van der Waals surface area (Å²) in [4.78, 5) is 11.7. The van der Waals surface area contributed by atoms with Crippen molar-refractivity contribution < 1.29 is 4.79 Å². The van der Waals surface area contributed by atoms with Gasteiger partial charge in [-0.15, -0.1) is 0 Å². The molecule has 1 atom stereocenters. The molecular formula is C10H19NOS2. The van der Waals surface area contributed by atoms with Crippen LogP contribution in [-0.2, 0) is 4.79 Å². The van der Waals surface area contributed by atoms with E-state index in [4.69, 9.17) is 0 Å². The second-order valence-corrected chi connectivity index (χ2v) is 5.87. The van der Waals surface area contributed by atoms with Crippen LogP contribution in [0.4, 0.5) is 0 Å². The lowest BCUT2D eigenvalue weighted by Gasteiger charge is -2.24. The first-order valence-electron chi connectivity index (χ1n) is 5.17. The monoisotopic (exact) mass is 233 g/mol. The molecule has 0 saturated carbocycles. The first-order chi connectivity index (χ1) is 6.61. The number of hydrogen-bond acceptors (Lipinski definition) is 3. The fourth-order valence-corrected chi connectivity index (χ4v) is 2.61. The molecule has 1 saturated heterocycles. The molecule has 0 spiro atoms. The van der Waals surface area contributed by atoms with Crippen LogP contribution in [-0.4, -0.2) is 28.7 Å². The first kappa shape index (κ1) is 12.2. The average molecular weight is 233 g/mol. The van der Waals surface area contributed by atoms with Gasteiger partial charge in [0.1, 0.15) is 0 Å². The number of carbonyl (C=O) groups excluding carboxylic acids is 1. The van der Waals surface area contributed by atoms with E-state index in [0.29, 0.717) is 12.0 Å². The van der Waals surface area contributed by atoms with Crippen LogP contribution >= 0.6 is 24.4 Å². The molecule has 82 valence electrons. The molecule has 0 aliphatic carbocycles. The van der Waals surface area contributed by atoms with E-state index in [-0.39, 0.29) is 11.2 Å². The molecule has 0 bridgehead atoms. The zero-order chi connectivity index (χ0) is 10.6. The van der Waals surface area contributed by atoms with Gasteiger partial charge in [0.25, 0.3) is 0 Å². The predicted molar refractivity (Wildman–Crippen MR) is 66.1 cm³/mol. The average Bonchev–Trinajstić information content (AvgIpc) is 2.18. The smallest absolute Gasteiger partial charge is 0.233 e. The van der Waals surface area contributed by atoms with Crippen molar-refractivity contribution >= 4 is 30.3 Å². The molecular weight excluding hydrogens is 214 g/mol. The van der Waals surface area contributed by atoms with E-state index in [0.717, 1.165) is 12.8 Å². The van der Waals surface area contributed by atoms with Gasteiger partial charge in [0, 0.05) is 6.04 Å². The van der Waals surface area contributed by atoms with Gasteiger partial charge in [-0.3, -0.25) is 4.79 Å². The van der Waals surface area contributed by atoms with Gasteiger partial charge in [0.2, 0.25) is 5.91 Å². The number of hydrogen-bond donors (Lipinski definition) is 2. The summed E-state index contributed by atoms with van der Waals surface area (Å²) in [5, 5.41) is 2.91. The van der Waals surface area contributed by atoms with Gasteiger partial charge >= 0.3 is 0 Å². The van der Waals surface area contributed by atoms with Gasteiger partial charge in [0.15, 0.2) is 0 Å². The molecule has 1 amide bonds. The van der Waals surface area contributed by atoms with Crippen molar-refractivity contribution in [2.45, 2.75) is 38.0 Å². The molecule has 0 aromatic heterocycles. The van der Waals surface area contributed by atoms with Crippen molar-refractivity contribution in [2.24, 2.45) is 5.92 Å². The fraction of sp³-hybridized carbons (Fsp3) is 0.900. The topological polar surface area (TPSA) is 29.1 Å². The molecule has 14 heavy (non-hydrogen) atoms. The van der Waals surface area contributed by atoms with Crippen molar-refractivity contribution in [2.75, 3.05) is 11.5 Å². The maximum atomic E-state index is 11.7. The van der Waals surface area contributed by atoms with Gasteiger partial charge < -0.3 is 5.32 Å². The van der Waals surface area contributed by atoms with Crippen LogP contribution < -0.4 is 5.32 Å². The maximum absolute atomic E-state index is 11.7. The Morgan fingerprint density at radius 3 is 2.50 bits per heavy atom. The van der Waals surface area contributed by atoms with E-state index in [2.05, 4.69) is 17.9 Å². The van der Waals surface area contributed by atoms with Crippen LogP contribution in [0.25, 0.3) is 0 Å². The second kappa shape index (κ2) is 5.91. The number of thioether (sulfide) groups is 1. The Morgan fingerprint density at radius 2 is 2.00 bits per heavy atom. The number of amides is 1. The normalized spacial score (nSPS) is 20.9. The number of thiol groups is 1. The van der Waals surface area contributed by atoms with Crippen LogP contribution in [0.2, 0.25) is 0 Å². The largest absolute Gasteiger partial charge is 0.352 e. The van der Waals surface area contributed by atoms with Crippen molar-refractivity contribution in [3.05, 3.63) is 0 Å². The minimum absolute atomic E-state index is 0.0974. The molecule has 0 radical (unpaired) electrons. The van der Waals surface area contributed by atoms with Crippen LogP contribution in [0.1, 0.15) is 26.7 Å². The second-order valence-electron chi connectivity index (χ2n) is 4.08. The Labute approximate surface area is 96.0 Å². The van der Waals surface area contributed by atoms with Crippen molar-refractivity contribution in [1.82, 2.24) is 5.32 Å². The van der Waals surface area contributed by atoms with Gasteiger partial charge in [-0.2, -0.15) is 24.4 Å². The molecule has 0 aromatic rings. The third-order valence-corrected chi connectivity index (χ3v) is 4.35. The molecule has 1 aliphatic rings. The molecule has 0 aromatic carbocycles. The van der Waals surface area contributed by atoms with Crippen molar-refractivity contribution in [3.8, 4) is 0 Å². The molecule has 1 N–H and O–H groups in total. The maximum Gasteiger partial charge on any atom is 0.233 e. The summed E-state index contributed by atoms with van der Waals surface area (Å²) in [5.74, 6) is 2.74. The summed E-state index contributed by atoms with van der Waals surface area (Å²) < 4.78 is 0. The first-order valence-corrected chi connectivity index (χ1v) is 6.84. The summed E-state index contributed by atoms with van der Waals surface area (Å²) in [6.45, 7) is 4.04. The highest BCUT2D eigenvalue weighted by Gasteiger charge is 2.21. The van der Waals surface area contributed by atoms with E-state index < -0.39 is 0 Å². The van der Waals surface area contributed by atoms with Gasteiger partial charge in [0.05, 0.1) is 5.25 Å². The van der Waals surface area contributed by atoms with E-state index in [1.54, 1.807) is 0 Å². The summed E-state index contributed by atoms with van der Waals surface area (Å²) in [7, 11) is 0. The lowest BCUT2D eigenvalue weighted by molar-refractivity contribution is -0.121. The minimum Gasteiger partial charge on any atom is -0.352 e. The number of nitrogens with one attached hydrogen (secondary N) is 1. The summed E-state index contributed by atoms with van der Waals surface area (Å²) >= 11 is 6.27. The molecule has 1 unspecified atom stereocenters. The van der Waals surface area contributed by atoms with Crippen LogP contribution in [0.5, 0.6) is 0 Å². The third-order valence-electron chi connectivity index (χ3n) is 2.47. The summed E-state index contributed by atoms with van der Waals surface area (Å²) in [6.07, 6.45) is 2.21. The lowest BCUT2D eigenvalue weighted by Crippen LogP contribution is -2.42. The Balaban J connectivity index is 2.31. The van der Waals surface area contributed by atoms with E-state index >= 15 is 0 Å². The predicted octanol–water partition coefficient (Wildman–Crippen LogP) is 1.95. The van der Waals surface area contributed by atoms with Crippen LogP contribution in [0, 0.1) is 5.92 Å². The zero-order valence-electron chi connectivity index (χ0n) is 8.82. The fourth-order valence-electron chi connectivity index (χ4n) is 1.43. The van der Waals surface area contributed by atoms with Gasteiger partial charge in [-0.05, 0) is 30.3 Å². The molecule has 1 fully saturated rings. The van der Waals surface area contributed by atoms with Crippen molar-refractivity contribution in [3.63, 3.8) is 0 Å². The van der Waals surface area contributed by atoms with E-state index in [1.807, 2.05) is 25.6 Å². The third kappa shape index (κ3) is 3.73. The lowest BCUT2D eigenvalue weighted by atomic mass is 10.1. The Hall–Kier alpha value is 0.170. The highest BCUT2D eigenvalue weighted by Crippen LogP contribution is 2.18. The summed E-state index contributed by atoms with van der Waals surface area (Å²) in [6, 6.07) is 0.386. The quantitative estimate of drug-likeness (QED) is 0.730.